The van der Waals surface area contributed by atoms with Gasteiger partial charge in [0.25, 0.3) is 0 Å². The first-order chi connectivity index (χ1) is 7.70. The second kappa shape index (κ2) is 4.40. The highest BCUT2D eigenvalue weighted by molar-refractivity contribution is 7.13. The van der Waals surface area contributed by atoms with E-state index in [1.807, 2.05) is 17.5 Å². The van der Waals surface area contributed by atoms with Gasteiger partial charge in [-0.1, -0.05) is 6.07 Å². The zero-order chi connectivity index (χ0) is 11.5. The van der Waals surface area contributed by atoms with Crippen LogP contribution in [0.4, 0.5) is 0 Å². The van der Waals surface area contributed by atoms with Crippen LogP contribution in [0, 0.1) is 6.92 Å². The minimum Gasteiger partial charge on any atom is -0.464 e. The molecule has 0 saturated heterocycles. The van der Waals surface area contributed by atoms with Crippen LogP contribution in [0.3, 0.4) is 0 Å². The molecule has 4 nitrogen and oxygen atoms in total. The van der Waals surface area contributed by atoms with Crippen molar-refractivity contribution in [2.24, 2.45) is 0 Å². The molecule has 2 heterocycles. The Morgan fingerprint density at radius 1 is 1.44 bits per heavy atom. The summed E-state index contributed by atoms with van der Waals surface area (Å²) in [5, 5.41) is 1.96. The Balaban J connectivity index is 2.48. The molecule has 2 aromatic rings. The lowest BCUT2D eigenvalue weighted by Gasteiger charge is -2.02. The first-order valence-electron chi connectivity index (χ1n) is 4.68. The summed E-state index contributed by atoms with van der Waals surface area (Å²) < 4.78 is 4.64. The minimum atomic E-state index is -0.441. The van der Waals surface area contributed by atoms with Crippen molar-refractivity contribution in [2.45, 2.75) is 6.92 Å². The van der Waals surface area contributed by atoms with Gasteiger partial charge in [-0.25, -0.2) is 14.8 Å². The molecule has 0 spiro atoms. The highest BCUT2D eigenvalue weighted by Crippen LogP contribution is 2.23. The Labute approximate surface area is 96.9 Å². The monoisotopic (exact) mass is 234 g/mol. The Hall–Kier alpha value is -1.75. The molecule has 0 saturated carbocycles. The van der Waals surface area contributed by atoms with E-state index in [1.165, 1.54) is 7.11 Å². The smallest absolute Gasteiger partial charge is 0.356 e. The van der Waals surface area contributed by atoms with Crippen LogP contribution in [0.2, 0.25) is 0 Å². The molecule has 0 aliphatic heterocycles. The second-order valence-corrected chi connectivity index (χ2v) is 4.10. The molecule has 0 unspecified atom stereocenters. The van der Waals surface area contributed by atoms with E-state index in [0.717, 1.165) is 10.6 Å². The molecule has 2 rings (SSSR count). The van der Waals surface area contributed by atoms with Crippen molar-refractivity contribution >= 4 is 17.3 Å². The SMILES string of the molecule is COC(=O)c1cc(-c2cccs2)nc(C)n1. The number of hydrogen-bond acceptors (Lipinski definition) is 5. The standard InChI is InChI=1S/C11H10N2O2S/c1-7-12-8(10-4-3-5-16-10)6-9(13-7)11(14)15-2/h3-6H,1-2H3. The number of aryl methyl sites for hydroxylation is 1. The van der Waals surface area contributed by atoms with Crippen molar-refractivity contribution in [2.75, 3.05) is 7.11 Å². The quantitative estimate of drug-likeness (QED) is 0.748. The molecule has 0 atom stereocenters. The van der Waals surface area contributed by atoms with Gasteiger partial charge in [-0.2, -0.15) is 0 Å². The number of aromatic nitrogens is 2. The van der Waals surface area contributed by atoms with Crippen LogP contribution in [0.5, 0.6) is 0 Å². The van der Waals surface area contributed by atoms with Crippen molar-refractivity contribution in [3.63, 3.8) is 0 Å². The van der Waals surface area contributed by atoms with Crippen LogP contribution in [0.15, 0.2) is 23.6 Å². The van der Waals surface area contributed by atoms with Gasteiger partial charge in [0, 0.05) is 0 Å². The number of thiophene rings is 1. The van der Waals surface area contributed by atoms with Crippen LogP contribution in [0.25, 0.3) is 10.6 Å². The fraction of sp³-hybridized carbons (Fsp3) is 0.182. The lowest BCUT2D eigenvalue weighted by atomic mass is 10.2. The number of methoxy groups -OCH3 is 1. The van der Waals surface area contributed by atoms with Gasteiger partial charge in [-0.05, 0) is 24.4 Å². The van der Waals surface area contributed by atoms with Crippen molar-refractivity contribution < 1.29 is 9.53 Å². The molecule has 0 fully saturated rings. The average Bonchev–Trinajstić information content (AvgIpc) is 2.80. The topological polar surface area (TPSA) is 52.1 Å². The molecule has 82 valence electrons. The van der Waals surface area contributed by atoms with E-state index in [0.29, 0.717) is 11.5 Å². The number of carbonyl (C=O) groups excluding carboxylic acids is 1. The number of carbonyl (C=O) groups is 1. The van der Waals surface area contributed by atoms with Gasteiger partial charge in [0.1, 0.15) is 5.82 Å². The summed E-state index contributed by atoms with van der Waals surface area (Å²) in [5.41, 5.74) is 1.04. The fourth-order valence-electron chi connectivity index (χ4n) is 1.33. The Morgan fingerprint density at radius 3 is 2.88 bits per heavy atom. The molecule has 0 aromatic carbocycles. The molecule has 16 heavy (non-hydrogen) atoms. The number of esters is 1. The molecule has 0 aliphatic carbocycles. The second-order valence-electron chi connectivity index (χ2n) is 3.15. The molecule has 0 amide bonds. The van der Waals surface area contributed by atoms with E-state index < -0.39 is 5.97 Å². The molecule has 2 aromatic heterocycles. The van der Waals surface area contributed by atoms with Gasteiger partial charge in [0.05, 0.1) is 17.7 Å². The van der Waals surface area contributed by atoms with Crippen LogP contribution in [0.1, 0.15) is 16.3 Å². The molecular weight excluding hydrogens is 224 g/mol. The Bertz CT molecular complexity index is 509. The first kappa shape index (κ1) is 10.8. The number of nitrogens with zero attached hydrogens (tertiary/aromatic N) is 2. The zero-order valence-corrected chi connectivity index (χ0v) is 9.75. The van der Waals surface area contributed by atoms with Crippen molar-refractivity contribution in [1.29, 1.82) is 0 Å². The predicted molar refractivity (Wildman–Crippen MR) is 61.4 cm³/mol. The van der Waals surface area contributed by atoms with Crippen LogP contribution in [-0.4, -0.2) is 23.0 Å². The van der Waals surface area contributed by atoms with E-state index in [4.69, 9.17) is 0 Å². The Morgan fingerprint density at radius 2 is 2.25 bits per heavy atom. The third-order valence-electron chi connectivity index (χ3n) is 2.01. The fourth-order valence-corrected chi connectivity index (χ4v) is 2.01. The maximum absolute atomic E-state index is 11.4. The highest BCUT2D eigenvalue weighted by Gasteiger charge is 2.11. The summed E-state index contributed by atoms with van der Waals surface area (Å²) in [5.74, 6) is 0.120. The molecule has 0 radical (unpaired) electrons. The lowest BCUT2D eigenvalue weighted by Crippen LogP contribution is -2.06. The average molecular weight is 234 g/mol. The summed E-state index contributed by atoms with van der Waals surface area (Å²) in [6.07, 6.45) is 0. The maximum Gasteiger partial charge on any atom is 0.356 e. The largest absolute Gasteiger partial charge is 0.464 e. The highest BCUT2D eigenvalue weighted by atomic mass is 32.1. The van der Waals surface area contributed by atoms with E-state index in [9.17, 15) is 4.79 Å². The van der Waals surface area contributed by atoms with E-state index in [2.05, 4.69) is 14.7 Å². The zero-order valence-electron chi connectivity index (χ0n) is 8.93. The van der Waals surface area contributed by atoms with Gasteiger partial charge in [-0.3, -0.25) is 0 Å². The molecular formula is C11H10N2O2S. The van der Waals surface area contributed by atoms with Crippen molar-refractivity contribution in [3.05, 3.63) is 35.1 Å². The molecule has 0 aliphatic rings. The van der Waals surface area contributed by atoms with E-state index in [1.54, 1.807) is 24.3 Å². The van der Waals surface area contributed by atoms with Gasteiger partial charge in [-0.15, -0.1) is 11.3 Å². The van der Waals surface area contributed by atoms with Gasteiger partial charge < -0.3 is 4.74 Å². The third-order valence-corrected chi connectivity index (χ3v) is 2.90. The van der Waals surface area contributed by atoms with Crippen molar-refractivity contribution in [1.82, 2.24) is 9.97 Å². The maximum atomic E-state index is 11.4. The summed E-state index contributed by atoms with van der Waals surface area (Å²) >= 11 is 1.57. The van der Waals surface area contributed by atoms with Gasteiger partial charge in [0.2, 0.25) is 0 Å². The van der Waals surface area contributed by atoms with Gasteiger partial charge >= 0.3 is 5.97 Å². The minimum absolute atomic E-state index is 0.290. The number of ether oxygens (including phenoxy) is 1. The summed E-state index contributed by atoms with van der Waals surface area (Å²) in [6.45, 7) is 1.75. The summed E-state index contributed by atoms with van der Waals surface area (Å²) in [4.78, 5) is 20.7. The normalized spacial score (nSPS) is 10.1. The third kappa shape index (κ3) is 2.09. The predicted octanol–water partition coefficient (Wildman–Crippen LogP) is 2.30. The van der Waals surface area contributed by atoms with E-state index >= 15 is 0 Å². The number of rotatable bonds is 2. The Kier molecular flexibility index (Phi) is 2.96. The van der Waals surface area contributed by atoms with Crippen LogP contribution >= 0.6 is 11.3 Å². The van der Waals surface area contributed by atoms with E-state index in [-0.39, 0.29) is 0 Å². The van der Waals surface area contributed by atoms with Crippen molar-refractivity contribution in [3.8, 4) is 10.6 Å². The van der Waals surface area contributed by atoms with Crippen LogP contribution < -0.4 is 0 Å². The van der Waals surface area contributed by atoms with Crippen LogP contribution in [-0.2, 0) is 4.74 Å². The molecule has 5 heteroatoms. The lowest BCUT2D eigenvalue weighted by molar-refractivity contribution is 0.0593. The summed E-state index contributed by atoms with van der Waals surface area (Å²) in [7, 11) is 1.34. The molecule has 0 bridgehead atoms. The number of hydrogen-bond donors (Lipinski definition) is 0. The van der Waals surface area contributed by atoms with Gasteiger partial charge in [0.15, 0.2) is 5.69 Å². The summed E-state index contributed by atoms with van der Waals surface area (Å²) in [6, 6.07) is 5.54. The first-order valence-corrected chi connectivity index (χ1v) is 5.56. The molecule has 0 N–H and O–H groups in total.